The van der Waals surface area contributed by atoms with E-state index in [1.807, 2.05) is 6.07 Å². The topological polar surface area (TPSA) is 22.3 Å². The number of benzene rings is 9. The second-order valence-corrected chi connectivity index (χ2v) is 15.7. The molecule has 2 aliphatic rings. The summed E-state index contributed by atoms with van der Waals surface area (Å²) in [5.41, 5.74) is 17.7. The van der Waals surface area contributed by atoms with Crippen LogP contribution in [0.2, 0.25) is 0 Å². The maximum atomic E-state index is 6.60. The van der Waals surface area contributed by atoms with Crippen molar-refractivity contribution < 1.29 is 4.65 Å². The van der Waals surface area contributed by atoms with Crippen molar-refractivity contribution in [3.63, 3.8) is 0 Å². The highest BCUT2D eigenvalue weighted by Crippen LogP contribution is 2.48. The quantitative estimate of drug-likeness (QED) is 0.167. The number of rotatable bonds is 4. The Labute approximate surface area is 341 Å². The third-order valence-electron chi connectivity index (χ3n) is 12.5. The first-order valence-corrected chi connectivity index (χ1v) is 20.3. The molecule has 11 aromatic rings. The Morgan fingerprint density at radius 1 is 0.339 bits per heavy atom. The molecule has 0 spiro atoms. The minimum atomic E-state index is -0.197. The zero-order chi connectivity index (χ0) is 38.6. The van der Waals surface area contributed by atoms with Gasteiger partial charge >= 0.3 is 7.05 Å². The molecule has 0 radical (unpaired) electrons. The van der Waals surface area contributed by atoms with E-state index in [1.165, 1.54) is 88.1 Å². The molecule has 0 saturated carbocycles. The Morgan fingerprint density at radius 2 is 0.898 bits per heavy atom. The molecule has 9 aromatic carbocycles. The molecule has 2 aromatic heterocycles. The Morgan fingerprint density at radius 3 is 1.66 bits per heavy atom. The number of nitrogens with zero attached hydrogens (tertiary/aromatic N) is 3. The van der Waals surface area contributed by atoms with Crippen LogP contribution in [-0.2, 0) is 0 Å². The van der Waals surface area contributed by atoms with E-state index in [0.717, 1.165) is 22.8 Å². The first-order chi connectivity index (χ1) is 29.3. The SMILES string of the molecule is c1ccc(-n2c3ccccc3c3cc4c(cc32)c2cc(-c3cccc(-c5ccc6c(c5)-c5ccccc5N5B6Oc6ccccc65)c3)ccc2n4-c2ccccc2)cc1. The minimum Gasteiger partial charge on any atom is -0.536 e. The molecule has 0 N–H and O–H groups in total. The number of hydrogen-bond acceptors (Lipinski definition) is 2. The van der Waals surface area contributed by atoms with Crippen LogP contribution in [0.4, 0.5) is 11.4 Å². The molecule has 59 heavy (non-hydrogen) atoms. The summed E-state index contributed by atoms with van der Waals surface area (Å²) >= 11 is 0. The van der Waals surface area contributed by atoms with Crippen LogP contribution in [0.1, 0.15) is 0 Å². The van der Waals surface area contributed by atoms with E-state index in [9.17, 15) is 0 Å². The highest BCUT2D eigenvalue weighted by Gasteiger charge is 2.44. The summed E-state index contributed by atoms with van der Waals surface area (Å²) in [5.74, 6) is 0.920. The lowest BCUT2D eigenvalue weighted by Crippen LogP contribution is -2.50. The zero-order valence-electron chi connectivity index (χ0n) is 32.0. The average molecular weight is 752 g/mol. The van der Waals surface area contributed by atoms with E-state index in [1.54, 1.807) is 0 Å². The van der Waals surface area contributed by atoms with Crippen LogP contribution >= 0.6 is 0 Å². The van der Waals surface area contributed by atoms with Gasteiger partial charge < -0.3 is 18.6 Å². The van der Waals surface area contributed by atoms with Crippen LogP contribution < -0.4 is 14.9 Å². The maximum absolute atomic E-state index is 6.60. The van der Waals surface area contributed by atoms with Gasteiger partial charge in [-0.05, 0) is 118 Å². The van der Waals surface area contributed by atoms with E-state index in [2.05, 4.69) is 214 Å². The van der Waals surface area contributed by atoms with Crippen molar-refractivity contribution in [1.29, 1.82) is 0 Å². The fourth-order valence-corrected chi connectivity index (χ4v) is 9.86. The summed E-state index contributed by atoms with van der Waals surface area (Å²) < 4.78 is 11.4. The lowest BCUT2D eigenvalue weighted by molar-refractivity contribution is 0.603. The average Bonchev–Trinajstić information content (AvgIpc) is 3.96. The summed E-state index contributed by atoms with van der Waals surface area (Å²) in [6, 6.07) is 75.0. The highest BCUT2D eigenvalue weighted by molar-refractivity contribution is 6.77. The molecule has 0 atom stereocenters. The second-order valence-electron chi connectivity index (χ2n) is 15.7. The summed E-state index contributed by atoms with van der Waals surface area (Å²) in [6.45, 7) is 0. The number of fused-ring (bicyclic) bond motifs is 14. The number of hydrogen-bond donors (Lipinski definition) is 0. The Bertz CT molecular complexity index is 3490. The van der Waals surface area contributed by atoms with Crippen LogP contribution in [0, 0.1) is 0 Å². The fourth-order valence-electron chi connectivity index (χ4n) is 9.86. The van der Waals surface area contributed by atoms with Gasteiger partial charge in [0.25, 0.3) is 0 Å². The highest BCUT2D eigenvalue weighted by atomic mass is 16.5. The van der Waals surface area contributed by atoms with E-state index in [4.69, 9.17) is 4.65 Å². The van der Waals surface area contributed by atoms with Gasteiger partial charge in [-0.25, -0.2) is 0 Å². The maximum Gasteiger partial charge on any atom is 0.524 e. The van der Waals surface area contributed by atoms with Gasteiger partial charge in [-0.1, -0.05) is 121 Å². The standard InChI is InChI=1S/C54H34BN3O/c1-3-16-39(17-4-1)56-48-22-9-7-21-42(48)45-33-53-46(34-52(45)56)44-32-38(27-29-49(44)57(53)40-18-5-2-6-19-40)36-15-13-14-35(30-36)37-26-28-47-43(31-37)41-20-8-10-23-50(41)58-51-24-11-12-25-54(51)59-55(47)58/h1-34H. The van der Waals surface area contributed by atoms with Crippen LogP contribution in [0.25, 0.3) is 88.4 Å². The lowest BCUT2D eigenvalue weighted by atomic mass is 9.64. The molecule has 4 nitrogen and oxygen atoms in total. The van der Waals surface area contributed by atoms with Gasteiger partial charge in [0.05, 0.1) is 27.8 Å². The lowest BCUT2D eigenvalue weighted by Gasteiger charge is -2.31. The van der Waals surface area contributed by atoms with Gasteiger partial charge in [0.1, 0.15) is 5.75 Å². The Balaban J connectivity index is 0.975. The molecule has 0 aliphatic carbocycles. The third-order valence-corrected chi connectivity index (χ3v) is 12.5. The summed E-state index contributed by atoms with van der Waals surface area (Å²) in [7, 11) is -0.197. The summed E-state index contributed by atoms with van der Waals surface area (Å²) in [6.07, 6.45) is 0. The largest absolute Gasteiger partial charge is 0.536 e. The van der Waals surface area contributed by atoms with Gasteiger partial charge in [-0.2, -0.15) is 0 Å². The molecule has 2 aliphatic heterocycles. The molecule has 0 unspecified atom stereocenters. The molecule has 0 saturated heterocycles. The molecule has 5 heteroatoms. The predicted molar refractivity (Wildman–Crippen MR) is 246 cm³/mol. The van der Waals surface area contributed by atoms with Crippen molar-refractivity contribution >= 4 is 67.5 Å². The van der Waals surface area contributed by atoms with E-state index in [0.29, 0.717) is 0 Å². The van der Waals surface area contributed by atoms with E-state index < -0.39 is 0 Å². The van der Waals surface area contributed by atoms with Crippen LogP contribution in [0.5, 0.6) is 5.75 Å². The summed E-state index contributed by atoms with van der Waals surface area (Å²) in [5, 5.41) is 4.95. The van der Waals surface area contributed by atoms with E-state index >= 15 is 0 Å². The summed E-state index contributed by atoms with van der Waals surface area (Å²) in [4.78, 5) is 2.34. The van der Waals surface area contributed by atoms with Crippen LogP contribution in [0.15, 0.2) is 206 Å². The van der Waals surface area contributed by atoms with Crippen molar-refractivity contribution in [2.24, 2.45) is 0 Å². The molecule has 0 bridgehead atoms. The smallest absolute Gasteiger partial charge is 0.524 e. The molecule has 4 heterocycles. The normalized spacial score (nSPS) is 12.8. The first-order valence-electron chi connectivity index (χ1n) is 20.3. The van der Waals surface area contributed by atoms with Crippen molar-refractivity contribution in [2.75, 3.05) is 4.81 Å². The zero-order valence-corrected chi connectivity index (χ0v) is 32.0. The van der Waals surface area contributed by atoms with Gasteiger partial charge in [0.2, 0.25) is 0 Å². The molecule has 0 fully saturated rings. The van der Waals surface area contributed by atoms with Crippen molar-refractivity contribution in [1.82, 2.24) is 9.13 Å². The van der Waals surface area contributed by atoms with Gasteiger partial charge in [0.15, 0.2) is 0 Å². The fraction of sp³-hybridized carbons (Fsp3) is 0. The van der Waals surface area contributed by atoms with Crippen LogP contribution in [0.3, 0.4) is 0 Å². The van der Waals surface area contributed by atoms with Crippen molar-refractivity contribution in [3.8, 4) is 50.5 Å². The number of anilines is 2. The van der Waals surface area contributed by atoms with E-state index in [-0.39, 0.29) is 7.05 Å². The van der Waals surface area contributed by atoms with Gasteiger partial charge in [0, 0.05) is 44.2 Å². The number of para-hydroxylation sites is 6. The third kappa shape index (κ3) is 4.73. The molecular weight excluding hydrogens is 717 g/mol. The molecular formula is C54H34BN3O. The molecule has 274 valence electrons. The minimum absolute atomic E-state index is 0.197. The first kappa shape index (κ1) is 32.3. The Hall–Kier alpha value is -7.76. The predicted octanol–water partition coefficient (Wildman–Crippen LogP) is 13.1. The van der Waals surface area contributed by atoms with Crippen LogP contribution in [-0.4, -0.2) is 16.2 Å². The monoisotopic (exact) mass is 751 g/mol. The second kappa shape index (κ2) is 12.4. The number of aromatic nitrogens is 2. The Kier molecular flexibility index (Phi) is 6.78. The van der Waals surface area contributed by atoms with Gasteiger partial charge in [-0.15, -0.1) is 0 Å². The van der Waals surface area contributed by atoms with Gasteiger partial charge in [-0.3, -0.25) is 0 Å². The molecule has 0 amide bonds. The van der Waals surface area contributed by atoms with Crippen molar-refractivity contribution in [3.05, 3.63) is 206 Å². The molecule has 13 rings (SSSR count). The van der Waals surface area contributed by atoms with Crippen molar-refractivity contribution in [2.45, 2.75) is 0 Å².